The van der Waals surface area contributed by atoms with Crippen LogP contribution in [0.3, 0.4) is 0 Å². The first kappa shape index (κ1) is 15.3. The number of hydrogen-bond acceptors (Lipinski definition) is 4. The first-order valence-corrected chi connectivity index (χ1v) is 9.94. The normalized spacial score (nSPS) is 35.8. The maximum absolute atomic E-state index is 12.8. The van der Waals surface area contributed by atoms with Gasteiger partial charge in [0.05, 0.1) is 19.8 Å². The number of fused-ring (bicyclic) bond motifs is 1. The fourth-order valence-electron chi connectivity index (χ4n) is 4.12. The molecule has 1 aliphatic carbocycles. The van der Waals surface area contributed by atoms with Crippen molar-refractivity contribution >= 4 is 17.7 Å². The monoisotopic (exact) mass is 325 g/mol. The second kappa shape index (κ2) is 6.33. The number of hydrogen-bond donors (Lipinski definition) is 0. The summed E-state index contributed by atoms with van der Waals surface area (Å²) in [5, 5.41) is 0. The summed E-state index contributed by atoms with van der Waals surface area (Å²) in [5.74, 6) is 4.24. The lowest BCUT2D eigenvalue weighted by atomic mass is 9.82. The highest BCUT2D eigenvalue weighted by Crippen LogP contribution is 2.43. The molecule has 124 valence electrons. The average Bonchev–Trinajstić information content (AvgIpc) is 3.17. The SMILES string of the molecule is O=C(C1CCSCC1)N1C[C@@H]2COC[C@]2(COCC2CC2)C1. The van der Waals surface area contributed by atoms with E-state index in [0.29, 0.717) is 11.8 Å². The molecule has 0 bridgehead atoms. The molecule has 0 unspecified atom stereocenters. The van der Waals surface area contributed by atoms with Crippen molar-refractivity contribution in [3.8, 4) is 0 Å². The summed E-state index contributed by atoms with van der Waals surface area (Å²) < 4.78 is 11.7. The van der Waals surface area contributed by atoms with Crippen molar-refractivity contribution in [3.63, 3.8) is 0 Å². The molecular weight excluding hydrogens is 298 g/mol. The zero-order valence-electron chi connectivity index (χ0n) is 13.3. The van der Waals surface area contributed by atoms with E-state index in [-0.39, 0.29) is 11.3 Å². The summed E-state index contributed by atoms with van der Waals surface area (Å²) in [6.45, 7) is 4.99. The zero-order valence-corrected chi connectivity index (χ0v) is 14.1. The zero-order chi connectivity index (χ0) is 15.0. The predicted molar refractivity (Wildman–Crippen MR) is 86.9 cm³/mol. The number of rotatable bonds is 5. The topological polar surface area (TPSA) is 38.8 Å². The number of thioether (sulfide) groups is 1. The first-order valence-electron chi connectivity index (χ1n) is 8.79. The number of nitrogens with zero attached hydrogens (tertiary/aromatic N) is 1. The highest BCUT2D eigenvalue weighted by molar-refractivity contribution is 7.99. The molecule has 0 aromatic heterocycles. The molecule has 0 spiro atoms. The van der Waals surface area contributed by atoms with E-state index in [9.17, 15) is 4.79 Å². The molecule has 0 aromatic carbocycles. The van der Waals surface area contributed by atoms with Crippen molar-refractivity contribution in [1.29, 1.82) is 0 Å². The van der Waals surface area contributed by atoms with Gasteiger partial charge in [0.1, 0.15) is 0 Å². The van der Waals surface area contributed by atoms with Crippen LogP contribution in [0.5, 0.6) is 0 Å². The lowest BCUT2D eigenvalue weighted by molar-refractivity contribution is -0.135. The predicted octanol–water partition coefficient (Wildman–Crippen LogP) is 2.03. The van der Waals surface area contributed by atoms with Gasteiger partial charge in [-0.15, -0.1) is 0 Å². The summed E-state index contributed by atoms with van der Waals surface area (Å²) in [4.78, 5) is 14.9. The van der Waals surface area contributed by atoms with Gasteiger partial charge in [-0.3, -0.25) is 4.79 Å². The standard InChI is InChI=1S/C17H27NO3S/c19-16(14-3-5-22-6-4-14)18-7-15-9-21-12-17(15,10-18)11-20-8-13-1-2-13/h13-15H,1-12H2/t15-,17-/m1/s1. The number of likely N-dealkylation sites (tertiary alicyclic amines) is 1. The van der Waals surface area contributed by atoms with Crippen LogP contribution in [0.1, 0.15) is 25.7 Å². The highest BCUT2D eigenvalue weighted by Gasteiger charge is 2.52. The van der Waals surface area contributed by atoms with Crippen LogP contribution in [0.2, 0.25) is 0 Å². The second-order valence-corrected chi connectivity index (χ2v) is 8.86. The molecule has 3 heterocycles. The summed E-state index contributed by atoms with van der Waals surface area (Å²) >= 11 is 1.98. The molecule has 4 rings (SSSR count). The Balaban J connectivity index is 1.36. The van der Waals surface area contributed by atoms with Crippen molar-refractivity contribution in [2.24, 2.45) is 23.2 Å². The fraction of sp³-hybridized carbons (Fsp3) is 0.941. The van der Waals surface area contributed by atoms with E-state index in [4.69, 9.17) is 9.47 Å². The first-order chi connectivity index (χ1) is 10.8. The largest absolute Gasteiger partial charge is 0.380 e. The molecule has 3 saturated heterocycles. The van der Waals surface area contributed by atoms with E-state index in [0.717, 1.165) is 69.8 Å². The Hall–Kier alpha value is -0.260. The lowest BCUT2D eigenvalue weighted by Crippen LogP contribution is -2.40. The van der Waals surface area contributed by atoms with Crippen LogP contribution < -0.4 is 0 Å². The number of ether oxygens (including phenoxy) is 2. The van der Waals surface area contributed by atoms with E-state index in [1.165, 1.54) is 12.8 Å². The van der Waals surface area contributed by atoms with Gasteiger partial charge in [-0.05, 0) is 43.1 Å². The Morgan fingerprint density at radius 2 is 2.09 bits per heavy atom. The third kappa shape index (κ3) is 3.04. The van der Waals surface area contributed by atoms with Crippen LogP contribution in [0, 0.1) is 23.2 Å². The van der Waals surface area contributed by atoms with Gasteiger partial charge in [-0.1, -0.05) is 0 Å². The number of amides is 1. The van der Waals surface area contributed by atoms with Gasteiger partial charge < -0.3 is 14.4 Å². The molecular formula is C17H27NO3S. The maximum atomic E-state index is 12.8. The average molecular weight is 325 g/mol. The summed E-state index contributed by atoms with van der Waals surface area (Å²) in [6, 6.07) is 0. The molecule has 5 heteroatoms. The number of carbonyl (C=O) groups excluding carboxylic acids is 1. The third-order valence-corrected chi connectivity index (χ3v) is 6.89. The lowest BCUT2D eigenvalue weighted by Gasteiger charge is -2.29. The van der Waals surface area contributed by atoms with Crippen LogP contribution >= 0.6 is 11.8 Å². The van der Waals surface area contributed by atoms with E-state index in [2.05, 4.69) is 4.90 Å². The molecule has 22 heavy (non-hydrogen) atoms. The summed E-state index contributed by atoms with van der Waals surface area (Å²) in [6.07, 6.45) is 4.78. The van der Waals surface area contributed by atoms with Gasteiger partial charge in [0.15, 0.2) is 0 Å². The van der Waals surface area contributed by atoms with Crippen LogP contribution in [-0.4, -0.2) is 61.8 Å². The van der Waals surface area contributed by atoms with Crippen molar-refractivity contribution in [1.82, 2.24) is 4.90 Å². The van der Waals surface area contributed by atoms with E-state index >= 15 is 0 Å². The van der Waals surface area contributed by atoms with Gasteiger partial charge in [-0.2, -0.15) is 11.8 Å². The van der Waals surface area contributed by atoms with Crippen molar-refractivity contribution in [2.75, 3.05) is 51.0 Å². The molecule has 4 nitrogen and oxygen atoms in total. The van der Waals surface area contributed by atoms with Crippen LogP contribution in [0.15, 0.2) is 0 Å². The van der Waals surface area contributed by atoms with Crippen LogP contribution in [0.25, 0.3) is 0 Å². The smallest absolute Gasteiger partial charge is 0.225 e. The molecule has 0 radical (unpaired) electrons. The van der Waals surface area contributed by atoms with Crippen molar-refractivity contribution in [3.05, 3.63) is 0 Å². The summed E-state index contributed by atoms with van der Waals surface area (Å²) in [7, 11) is 0. The Labute approximate surface area is 137 Å². The quantitative estimate of drug-likeness (QED) is 0.775. The Morgan fingerprint density at radius 1 is 1.27 bits per heavy atom. The Kier molecular flexibility index (Phi) is 4.39. The van der Waals surface area contributed by atoms with Gasteiger partial charge in [0, 0.05) is 36.9 Å². The molecule has 4 aliphatic rings. The van der Waals surface area contributed by atoms with E-state index < -0.39 is 0 Å². The summed E-state index contributed by atoms with van der Waals surface area (Å²) in [5.41, 5.74) is 0.0773. The Morgan fingerprint density at radius 3 is 2.86 bits per heavy atom. The fourth-order valence-corrected chi connectivity index (χ4v) is 5.23. The van der Waals surface area contributed by atoms with Gasteiger partial charge in [0.2, 0.25) is 5.91 Å². The highest BCUT2D eigenvalue weighted by atomic mass is 32.2. The van der Waals surface area contributed by atoms with Gasteiger partial charge in [-0.25, -0.2) is 0 Å². The minimum atomic E-state index is 0.0773. The van der Waals surface area contributed by atoms with Crippen LogP contribution in [0.4, 0.5) is 0 Å². The molecule has 0 N–H and O–H groups in total. The molecule has 2 atom stereocenters. The van der Waals surface area contributed by atoms with Crippen molar-refractivity contribution in [2.45, 2.75) is 25.7 Å². The third-order valence-electron chi connectivity index (χ3n) is 5.84. The van der Waals surface area contributed by atoms with Gasteiger partial charge >= 0.3 is 0 Å². The molecule has 0 aromatic rings. The van der Waals surface area contributed by atoms with Crippen LogP contribution in [-0.2, 0) is 14.3 Å². The minimum absolute atomic E-state index is 0.0773. The molecule has 1 amide bonds. The molecule has 1 saturated carbocycles. The van der Waals surface area contributed by atoms with E-state index in [1.807, 2.05) is 11.8 Å². The second-order valence-electron chi connectivity index (χ2n) is 7.64. The minimum Gasteiger partial charge on any atom is -0.380 e. The maximum Gasteiger partial charge on any atom is 0.225 e. The number of carbonyl (C=O) groups is 1. The van der Waals surface area contributed by atoms with E-state index in [1.54, 1.807) is 0 Å². The van der Waals surface area contributed by atoms with Crippen molar-refractivity contribution < 1.29 is 14.3 Å². The molecule has 3 aliphatic heterocycles. The van der Waals surface area contributed by atoms with Gasteiger partial charge in [0.25, 0.3) is 0 Å². The Bertz CT molecular complexity index is 422. The molecule has 4 fully saturated rings.